The Bertz CT molecular complexity index is 1210. The number of carbonyl (C=O) groups excluding carboxylic acids is 2. The van der Waals surface area contributed by atoms with Crippen LogP contribution in [0.4, 0.5) is 13.6 Å². The number of hydrogen-bond donors (Lipinski definition) is 1. The van der Waals surface area contributed by atoms with Crippen LogP contribution in [0.2, 0.25) is 0 Å². The largest absolute Gasteiger partial charge is 0.496 e. The summed E-state index contributed by atoms with van der Waals surface area (Å²) in [5.74, 6) is -1.88. The van der Waals surface area contributed by atoms with E-state index in [1.54, 1.807) is 29.2 Å². The van der Waals surface area contributed by atoms with Crippen molar-refractivity contribution in [1.29, 1.82) is 0 Å². The van der Waals surface area contributed by atoms with E-state index in [-0.39, 0.29) is 24.2 Å². The molecule has 1 aliphatic rings. The predicted octanol–water partition coefficient (Wildman–Crippen LogP) is 2.86. The number of benzene rings is 2. The van der Waals surface area contributed by atoms with Crippen molar-refractivity contribution in [2.45, 2.75) is 12.8 Å². The molecule has 0 aliphatic carbocycles. The minimum absolute atomic E-state index is 0.0620. The average molecular weight is 526 g/mol. The summed E-state index contributed by atoms with van der Waals surface area (Å²) in [5.41, 5.74) is 1.05. The lowest BCUT2D eigenvalue weighted by Gasteiger charge is -2.35. The summed E-state index contributed by atoms with van der Waals surface area (Å²) in [6.07, 6.45) is 2.49. The van der Waals surface area contributed by atoms with Crippen LogP contribution in [0.3, 0.4) is 0 Å². The van der Waals surface area contributed by atoms with Crippen molar-refractivity contribution in [2.24, 2.45) is 5.92 Å². The van der Waals surface area contributed by atoms with E-state index in [2.05, 4.69) is 0 Å². The van der Waals surface area contributed by atoms with E-state index in [0.29, 0.717) is 36.6 Å². The second-order valence-electron chi connectivity index (χ2n) is 8.69. The molecule has 196 valence electrons. The molecule has 0 saturated carbocycles. The number of nitrogens with zero attached hydrogens (tertiary/aromatic N) is 2. The molecule has 0 spiro atoms. The zero-order chi connectivity index (χ0) is 26.5. The molecule has 0 aromatic heterocycles. The number of piperidine rings is 1. The molecular weight excluding hydrogens is 496 g/mol. The molecule has 3 amide bonds. The minimum Gasteiger partial charge on any atom is -0.496 e. The summed E-state index contributed by atoms with van der Waals surface area (Å²) in [6.45, 7) is 0.938. The Morgan fingerprint density at radius 3 is 2.47 bits per heavy atom. The number of likely N-dealkylation sites (N-methyl/N-ethyl adjacent to an activating group) is 1. The predicted molar refractivity (Wildman–Crippen MR) is 129 cm³/mol. The number of urea groups is 1. The Labute approximate surface area is 209 Å². The van der Waals surface area contributed by atoms with Gasteiger partial charge in [-0.3, -0.25) is 9.52 Å². The fraction of sp³-hybridized carbons (Fsp3) is 0.417. The second-order valence-corrected chi connectivity index (χ2v) is 10.4. The van der Waals surface area contributed by atoms with E-state index in [9.17, 15) is 26.8 Å². The van der Waals surface area contributed by atoms with E-state index in [0.717, 1.165) is 31.2 Å². The standard InChI is InChI=1S/C24H29F2N3O6S/c1-28(14-23(30)27-36(3,32)33)24(31)29-10-4-5-16(13-29)15-35-18-8-6-17(7-9-18)19-11-20(25)21(26)12-22(19)34-2/h6-9,11-12,16H,4-5,10,13-15H2,1-3H3,(H,27,30)/t16-/m0/s1. The van der Waals surface area contributed by atoms with Crippen molar-refractivity contribution in [3.05, 3.63) is 48.0 Å². The summed E-state index contributed by atoms with van der Waals surface area (Å²) in [7, 11) is -0.872. The first-order chi connectivity index (χ1) is 17.0. The third kappa shape index (κ3) is 7.30. The summed E-state index contributed by atoms with van der Waals surface area (Å²) in [6, 6.07) is 8.59. The van der Waals surface area contributed by atoms with Gasteiger partial charge in [0.25, 0.3) is 5.91 Å². The first-order valence-corrected chi connectivity index (χ1v) is 13.1. The Morgan fingerprint density at radius 1 is 1.17 bits per heavy atom. The van der Waals surface area contributed by atoms with E-state index >= 15 is 0 Å². The SMILES string of the molecule is COc1cc(F)c(F)cc1-c1ccc(OC[C@H]2CCCN(C(=O)N(C)CC(=O)NS(C)(=O)=O)C2)cc1. The lowest BCUT2D eigenvalue weighted by atomic mass is 9.99. The molecule has 1 atom stereocenters. The number of likely N-dealkylation sites (tertiary alicyclic amines) is 1. The number of hydrogen-bond acceptors (Lipinski definition) is 6. The highest BCUT2D eigenvalue weighted by Gasteiger charge is 2.27. The molecular formula is C24H29F2N3O6S. The number of rotatable bonds is 8. The highest BCUT2D eigenvalue weighted by molar-refractivity contribution is 7.89. The first-order valence-electron chi connectivity index (χ1n) is 11.2. The van der Waals surface area contributed by atoms with E-state index in [1.807, 2.05) is 4.72 Å². The van der Waals surface area contributed by atoms with Gasteiger partial charge in [-0.15, -0.1) is 0 Å². The number of sulfonamides is 1. The maximum absolute atomic E-state index is 13.7. The summed E-state index contributed by atoms with van der Waals surface area (Å²) in [4.78, 5) is 27.3. The van der Waals surface area contributed by atoms with Crippen LogP contribution in [0.5, 0.6) is 11.5 Å². The van der Waals surface area contributed by atoms with Crippen LogP contribution in [-0.4, -0.2) is 76.8 Å². The van der Waals surface area contributed by atoms with Crippen LogP contribution < -0.4 is 14.2 Å². The van der Waals surface area contributed by atoms with Gasteiger partial charge >= 0.3 is 6.03 Å². The molecule has 0 radical (unpaired) electrons. The third-order valence-corrected chi connectivity index (χ3v) is 6.29. The zero-order valence-electron chi connectivity index (χ0n) is 20.3. The number of carbonyl (C=O) groups is 2. The number of halogens is 2. The molecule has 1 aliphatic heterocycles. The number of ether oxygens (including phenoxy) is 2. The molecule has 0 bridgehead atoms. The highest BCUT2D eigenvalue weighted by atomic mass is 32.2. The Morgan fingerprint density at radius 2 is 1.83 bits per heavy atom. The highest BCUT2D eigenvalue weighted by Crippen LogP contribution is 2.33. The summed E-state index contributed by atoms with van der Waals surface area (Å²) < 4.78 is 62.5. The van der Waals surface area contributed by atoms with Gasteiger partial charge in [-0.1, -0.05) is 12.1 Å². The van der Waals surface area contributed by atoms with Gasteiger partial charge in [0, 0.05) is 37.7 Å². The lowest BCUT2D eigenvalue weighted by molar-refractivity contribution is -0.119. The van der Waals surface area contributed by atoms with Gasteiger partial charge in [-0.2, -0.15) is 0 Å². The molecule has 1 N–H and O–H groups in total. The van der Waals surface area contributed by atoms with Crippen molar-refractivity contribution in [3.8, 4) is 22.6 Å². The van der Waals surface area contributed by atoms with Crippen molar-refractivity contribution >= 4 is 22.0 Å². The smallest absolute Gasteiger partial charge is 0.320 e. The van der Waals surface area contributed by atoms with Crippen molar-refractivity contribution < 1.29 is 36.3 Å². The molecule has 3 rings (SSSR count). The Balaban J connectivity index is 1.55. The first kappa shape index (κ1) is 27.2. The van der Waals surface area contributed by atoms with Crippen molar-refractivity contribution in [3.63, 3.8) is 0 Å². The Kier molecular flexibility index (Phi) is 8.72. The van der Waals surface area contributed by atoms with Gasteiger partial charge in [0.05, 0.1) is 20.0 Å². The summed E-state index contributed by atoms with van der Waals surface area (Å²) >= 11 is 0. The van der Waals surface area contributed by atoms with E-state index < -0.39 is 27.6 Å². The fourth-order valence-electron chi connectivity index (χ4n) is 4.01. The fourth-order valence-corrected chi connectivity index (χ4v) is 4.48. The Hall–Kier alpha value is -3.41. The van der Waals surface area contributed by atoms with Crippen LogP contribution in [-0.2, 0) is 14.8 Å². The molecule has 1 heterocycles. The van der Waals surface area contributed by atoms with E-state index in [1.165, 1.54) is 19.1 Å². The monoisotopic (exact) mass is 525 g/mol. The molecule has 9 nitrogen and oxygen atoms in total. The van der Waals surface area contributed by atoms with E-state index in [4.69, 9.17) is 9.47 Å². The van der Waals surface area contributed by atoms with Gasteiger partial charge < -0.3 is 19.3 Å². The third-order valence-electron chi connectivity index (χ3n) is 5.69. The minimum atomic E-state index is -3.69. The van der Waals surface area contributed by atoms with Crippen molar-refractivity contribution in [2.75, 3.05) is 46.7 Å². The molecule has 1 fully saturated rings. The average Bonchev–Trinajstić information content (AvgIpc) is 2.83. The molecule has 12 heteroatoms. The molecule has 2 aromatic rings. The maximum atomic E-state index is 13.7. The second kappa shape index (κ2) is 11.5. The van der Waals surface area contributed by atoms with Gasteiger partial charge in [-0.05, 0) is 36.6 Å². The van der Waals surface area contributed by atoms with Crippen LogP contribution in [0.15, 0.2) is 36.4 Å². The number of methoxy groups -OCH3 is 1. The molecule has 36 heavy (non-hydrogen) atoms. The normalized spacial score (nSPS) is 15.8. The summed E-state index contributed by atoms with van der Waals surface area (Å²) in [5, 5.41) is 0. The number of amides is 3. The molecule has 1 saturated heterocycles. The quantitative estimate of drug-likeness (QED) is 0.568. The zero-order valence-corrected chi connectivity index (χ0v) is 21.1. The van der Waals surface area contributed by atoms with Crippen LogP contribution >= 0.6 is 0 Å². The van der Waals surface area contributed by atoms with Crippen LogP contribution in [0.1, 0.15) is 12.8 Å². The number of nitrogens with one attached hydrogen (secondary N) is 1. The van der Waals surface area contributed by atoms with Gasteiger partial charge in [0.2, 0.25) is 10.0 Å². The lowest BCUT2D eigenvalue weighted by Crippen LogP contribution is -2.49. The molecule has 0 unspecified atom stereocenters. The van der Waals surface area contributed by atoms with Gasteiger partial charge in [-0.25, -0.2) is 22.0 Å². The van der Waals surface area contributed by atoms with Crippen molar-refractivity contribution in [1.82, 2.24) is 14.5 Å². The maximum Gasteiger partial charge on any atom is 0.320 e. The van der Waals surface area contributed by atoms with Crippen LogP contribution in [0.25, 0.3) is 11.1 Å². The van der Waals surface area contributed by atoms with Gasteiger partial charge in [0.1, 0.15) is 18.0 Å². The van der Waals surface area contributed by atoms with Crippen LogP contribution in [0, 0.1) is 17.6 Å². The topological polar surface area (TPSA) is 105 Å². The van der Waals surface area contributed by atoms with Gasteiger partial charge in [0.15, 0.2) is 11.6 Å². The molecule has 2 aromatic carbocycles.